The molecule has 0 fully saturated rings. The van der Waals surface area contributed by atoms with Crippen LogP contribution in [-0.4, -0.2) is 16.7 Å². The summed E-state index contributed by atoms with van der Waals surface area (Å²) in [5.41, 5.74) is 5.46. The SMILES string of the molecule is Cc1cc(NCCCc2c(C)noc2C)c2ccccc2n1. The Morgan fingerprint density at radius 2 is 1.95 bits per heavy atom. The first-order chi connectivity index (χ1) is 10.6. The number of anilines is 1. The van der Waals surface area contributed by atoms with E-state index in [1.165, 1.54) is 10.9 Å². The minimum Gasteiger partial charge on any atom is -0.384 e. The Morgan fingerprint density at radius 1 is 1.14 bits per heavy atom. The maximum Gasteiger partial charge on any atom is 0.137 e. The van der Waals surface area contributed by atoms with Gasteiger partial charge in [0.2, 0.25) is 0 Å². The van der Waals surface area contributed by atoms with Crippen molar-refractivity contribution in [2.24, 2.45) is 0 Å². The minimum absolute atomic E-state index is 0.914. The van der Waals surface area contributed by atoms with E-state index in [4.69, 9.17) is 4.52 Å². The molecule has 0 amide bonds. The highest BCUT2D eigenvalue weighted by Crippen LogP contribution is 2.23. The average molecular weight is 295 g/mol. The molecular formula is C18H21N3O. The number of para-hydroxylation sites is 1. The standard InChI is InChI=1S/C18H21N3O/c1-12-11-18(16-7-4-5-9-17(16)20-12)19-10-6-8-15-13(2)21-22-14(15)3/h4-5,7,9,11H,6,8,10H2,1-3H3,(H,19,20). The van der Waals surface area contributed by atoms with E-state index in [1.54, 1.807) is 0 Å². The Labute approximate surface area is 130 Å². The Kier molecular flexibility index (Phi) is 4.09. The number of hydrogen-bond donors (Lipinski definition) is 1. The highest BCUT2D eigenvalue weighted by molar-refractivity contribution is 5.91. The first-order valence-electron chi connectivity index (χ1n) is 7.67. The lowest BCUT2D eigenvalue weighted by molar-refractivity contribution is 0.392. The molecule has 0 atom stereocenters. The lowest BCUT2D eigenvalue weighted by Crippen LogP contribution is -2.05. The third-order valence-corrected chi connectivity index (χ3v) is 3.94. The summed E-state index contributed by atoms with van der Waals surface area (Å²) in [5, 5.41) is 8.71. The molecule has 0 saturated heterocycles. The topological polar surface area (TPSA) is 51.0 Å². The average Bonchev–Trinajstić information content (AvgIpc) is 2.82. The largest absolute Gasteiger partial charge is 0.384 e. The molecule has 0 saturated carbocycles. The van der Waals surface area contributed by atoms with Gasteiger partial charge < -0.3 is 9.84 Å². The molecule has 2 aromatic heterocycles. The highest BCUT2D eigenvalue weighted by atomic mass is 16.5. The van der Waals surface area contributed by atoms with E-state index in [0.29, 0.717) is 0 Å². The quantitative estimate of drug-likeness (QED) is 0.717. The monoisotopic (exact) mass is 295 g/mol. The summed E-state index contributed by atoms with van der Waals surface area (Å²) in [4.78, 5) is 4.57. The van der Waals surface area contributed by atoms with Gasteiger partial charge in [-0.15, -0.1) is 0 Å². The van der Waals surface area contributed by atoms with Crippen molar-refractivity contribution in [1.29, 1.82) is 0 Å². The second kappa shape index (κ2) is 6.18. The predicted molar refractivity (Wildman–Crippen MR) is 89.3 cm³/mol. The van der Waals surface area contributed by atoms with Gasteiger partial charge in [0.25, 0.3) is 0 Å². The zero-order valence-electron chi connectivity index (χ0n) is 13.3. The van der Waals surface area contributed by atoms with Gasteiger partial charge >= 0.3 is 0 Å². The van der Waals surface area contributed by atoms with Gasteiger partial charge in [-0.2, -0.15) is 0 Å². The van der Waals surface area contributed by atoms with Gasteiger partial charge in [-0.1, -0.05) is 23.4 Å². The molecule has 0 spiro atoms. The van der Waals surface area contributed by atoms with Gasteiger partial charge in [0.05, 0.1) is 11.2 Å². The first kappa shape index (κ1) is 14.6. The molecule has 0 aliphatic carbocycles. The fraction of sp³-hybridized carbons (Fsp3) is 0.333. The molecule has 0 radical (unpaired) electrons. The number of pyridine rings is 1. The van der Waals surface area contributed by atoms with Crippen LogP contribution in [0, 0.1) is 20.8 Å². The highest BCUT2D eigenvalue weighted by Gasteiger charge is 2.08. The van der Waals surface area contributed by atoms with E-state index < -0.39 is 0 Å². The van der Waals surface area contributed by atoms with Crippen LogP contribution < -0.4 is 5.32 Å². The lowest BCUT2D eigenvalue weighted by atomic mass is 10.1. The normalized spacial score (nSPS) is 11.0. The second-order valence-corrected chi connectivity index (χ2v) is 5.66. The molecule has 1 aromatic carbocycles. The summed E-state index contributed by atoms with van der Waals surface area (Å²) in [6, 6.07) is 10.3. The van der Waals surface area contributed by atoms with Crippen molar-refractivity contribution in [3.8, 4) is 0 Å². The molecule has 0 aliphatic rings. The first-order valence-corrected chi connectivity index (χ1v) is 7.67. The van der Waals surface area contributed by atoms with Crippen LogP contribution in [0.1, 0.15) is 29.1 Å². The smallest absolute Gasteiger partial charge is 0.137 e. The van der Waals surface area contributed by atoms with Crippen molar-refractivity contribution in [3.05, 3.63) is 53.0 Å². The molecule has 1 N–H and O–H groups in total. The maximum atomic E-state index is 5.21. The Hall–Kier alpha value is -2.36. The molecular weight excluding hydrogens is 274 g/mol. The van der Waals surface area contributed by atoms with Crippen LogP contribution in [0.15, 0.2) is 34.9 Å². The van der Waals surface area contributed by atoms with E-state index in [0.717, 1.165) is 47.7 Å². The van der Waals surface area contributed by atoms with Crippen LogP contribution >= 0.6 is 0 Å². The molecule has 4 heteroatoms. The summed E-state index contributed by atoms with van der Waals surface area (Å²) in [6.45, 7) is 6.92. The van der Waals surface area contributed by atoms with Crippen LogP contribution in [0.25, 0.3) is 10.9 Å². The molecule has 0 bridgehead atoms. The van der Waals surface area contributed by atoms with Crippen LogP contribution in [0.4, 0.5) is 5.69 Å². The second-order valence-electron chi connectivity index (χ2n) is 5.66. The maximum absolute atomic E-state index is 5.21. The molecule has 114 valence electrons. The summed E-state index contributed by atoms with van der Waals surface area (Å²) < 4.78 is 5.21. The van der Waals surface area contributed by atoms with E-state index in [-0.39, 0.29) is 0 Å². The van der Waals surface area contributed by atoms with E-state index in [9.17, 15) is 0 Å². The molecule has 4 nitrogen and oxygen atoms in total. The number of aryl methyl sites for hydroxylation is 3. The zero-order chi connectivity index (χ0) is 15.5. The molecule has 3 aromatic rings. The number of fused-ring (bicyclic) bond motifs is 1. The van der Waals surface area contributed by atoms with Gasteiger partial charge in [0, 0.05) is 28.9 Å². The Bertz CT molecular complexity index is 773. The van der Waals surface area contributed by atoms with Crippen molar-refractivity contribution in [1.82, 2.24) is 10.1 Å². The zero-order valence-corrected chi connectivity index (χ0v) is 13.3. The Balaban J connectivity index is 1.67. The molecule has 0 unspecified atom stereocenters. The predicted octanol–water partition coefficient (Wildman–Crippen LogP) is 4.19. The van der Waals surface area contributed by atoms with Gasteiger partial charge in [-0.05, 0) is 45.7 Å². The molecule has 3 rings (SSSR count). The van der Waals surface area contributed by atoms with Gasteiger partial charge in [0.1, 0.15) is 5.76 Å². The van der Waals surface area contributed by atoms with Crippen molar-refractivity contribution >= 4 is 16.6 Å². The number of nitrogens with zero attached hydrogens (tertiary/aromatic N) is 2. The minimum atomic E-state index is 0.914. The summed E-state index contributed by atoms with van der Waals surface area (Å²) in [5.74, 6) is 0.933. The number of nitrogens with one attached hydrogen (secondary N) is 1. The van der Waals surface area contributed by atoms with Crippen LogP contribution in [-0.2, 0) is 6.42 Å². The fourth-order valence-corrected chi connectivity index (χ4v) is 2.80. The van der Waals surface area contributed by atoms with E-state index in [2.05, 4.69) is 33.7 Å². The summed E-state index contributed by atoms with van der Waals surface area (Å²) in [7, 11) is 0. The van der Waals surface area contributed by atoms with Crippen molar-refractivity contribution < 1.29 is 4.52 Å². The third-order valence-electron chi connectivity index (χ3n) is 3.94. The number of hydrogen-bond acceptors (Lipinski definition) is 4. The third kappa shape index (κ3) is 2.96. The van der Waals surface area contributed by atoms with Crippen LogP contribution in [0.5, 0.6) is 0 Å². The van der Waals surface area contributed by atoms with Gasteiger partial charge in [-0.25, -0.2) is 0 Å². The van der Waals surface area contributed by atoms with Gasteiger partial charge in [0.15, 0.2) is 0 Å². The molecule has 22 heavy (non-hydrogen) atoms. The molecule has 2 heterocycles. The Morgan fingerprint density at radius 3 is 2.73 bits per heavy atom. The van der Waals surface area contributed by atoms with Crippen molar-refractivity contribution in [3.63, 3.8) is 0 Å². The fourth-order valence-electron chi connectivity index (χ4n) is 2.80. The van der Waals surface area contributed by atoms with E-state index in [1.807, 2.05) is 32.9 Å². The number of rotatable bonds is 5. The van der Waals surface area contributed by atoms with Crippen LogP contribution in [0.2, 0.25) is 0 Å². The van der Waals surface area contributed by atoms with Crippen molar-refractivity contribution in [2.45, 2.75) is 33.6 Å². The van der Waals surface area contributed by atoms with E-state index >= 15 is 0 Å². The number of benzene rings is 1. The van der Waals surface area contributed by atoms with Crippen molar-refractivity contribution in [2.75, 3.05) is 11.9 Å². The number of aromatic nitrogens is 2. The summed E-state index contributed by atoms with van der Waals surface area (Å²) in [6.07, 6.45) is 2.02. The van der Waals surface area contributed by atoms with Gasteiger partial charge in [-0.3, -0.25) is 4.98 Å². The lowest BCUT2D eigenvalue weighted by Gasteiger charge is -2.10. The summed E-state index contributed by atoms with van der Waals surface area (Å²) >= 11 is 0. The van der Waals surface area contributed by atoms with Crippen LogP contribution in [0.3, 0.4) is 0 Å². The molecule has 0 aliphatic heterocycles.